The zero-order valence-corrected chi connectivity index (χ0v) is 12.1. The molecule has 0 aliphatic rings. The van der Waals surface area contributed by atoms with Crippen molar-refractivity contribution in [1.82, 2.24) is 0 Å². The number of hydrogen-bond acceptors (Lipinski definition) is 3. The Morgan fingerprint density at radius 1 is 1.21 bits per heavy atom. The summed E-state index contributed by atoms with van der Waals surface area (Å²) in [6, 6.07) is 11.9. The summed E-state index contributed by atoms with van der Waals surface area (Å²) in [5, 5.41) is 14.4. The third kappa shape index (κ3) is 3.68. The maximum absolute atomic E-state index is 10.5. The van der Waals surface area contributed by atoms with Crippen molar-refractivity contribution in [3.63, 3.8) is 0 Å². The van der Waals surface area contributed by atoms with E-state index < -0.39 is 4.92 Å². The highest BCUT2D eigenvalue weighted by Gasteiger charge is 2.04. The van der Waals surface area contributed by atoms with Crippen LogP contribution in [0.3, 0.4) is 0 Å². The number of nitro benzene ring substituents is 1. The fourth-order valence-corrected chi connectivity index (χ4v) is 2.39. The second-order valence-electron chi connectivity index (χ2n) is 3.90. The van der Waals surface area contributed by atoms with Crippen molar-refractivity contribution in [3.8, 4) is 0 Å². The zero-order chi connectivity index (χ0) is 13.8. The summed E-state index contributed by atoms with van der Waals surface area (Å²) >= 11 is 9.27. The molecule has 0 saturated heterocycles. The first-order valence-electron chi connectivity index (χ1n) is 5.48. The van der Waals surface area contributed by atoms with Crippen LogP contribution in [0.1, 0.15) is 5.56 Å². The van der Waals surface area contributed by atoms with E-state index in [0.717, 1.165) is 15.7 Å². The second-order valence-corrected chi connectivity index (χ2v) is 5.19. The van der Waals surface area contributed by atoms with Gasteiger partial charge in [0.05, 0.1) is 4.92 Å². The lowest BCUT2D eigenvalue weighted by molar-refractivity contribution is -0.384. The van der Waals surface area contributed by atoms with Crippen LogP contribution in [0.5, 0.6) is 0 Å². The molecule has 2 aromatic carbocycles. The van der Waals surface area contributed by atoms with Crippen molar-refractivity contribution in [2.75, 3.05) is 5.32 Å². The van der Waals surface area contributed by atoms with Crippen molar-refractivity contribution >= 4 is 38.9 Å². The summed E-state index contributed by atoms with van der Waals surface area (Å²) in [4.78, 5) is 10.1. The molecule has 0 heterocycles. The third-order valence-electron chi connectivity index (χ3n) is 2.56. The van der Waals surface area contributed by atoms with E-state index in [1.165, 1.54) is 12.1 Å². The Labute approximate surface area is 123 Å². The number of halogens is 2. The molecule has 6 heteroatoms. The highest BCUT2D eigenvalue weighted by molar-refractivity contribution is 9.10. The van der Waals surface area contributed by atoms with Gasteiger partial charge in [-0.2, -0.15) is 0 Å². The molecule has 1 N–H and O–H groups in total. The Morgan fingerprint density at radius 3 is 2.47 bits per heavy atom. The van der Waals surface area contributed by atoms with E-state index in [9.17, 15) is 10.1 Å². The molecular weight excluding hydrogens is 332 g/mol. The summed E-state index contributed by atoms with van der Waals surface area (Å²) in [7, 11) is 0. The van der Waals surface area contributed by atoms with E-state index in [0.29, 0.717) is 11.6 Å². The van der Waals surface area contributed by atoms with Crippen LogP contribution in [0, 0.1) is 10.1 Å². The van der Waals surface area contributed by atoms with E-state index in [1.807, 2.05) is 6.07 Å². The summed E-state index contributed by atoms with van der Waals surface area (Å²) in [6.07, 6.45) is 0. The number of hydrogen-bond donors (Lipinski definition) is 1. The predicted octanol–water partition coefficient (Wildman–Crippen LogP) is 4.62. The van der Waals surface area contributed by atoms with Gasteiger partial charge in [0, 0.05) is 33.9 Å². The first-order chi connectivity index (χ1) is 9.06. The first-order valence-corrected chi connectivity index (χ1v) is 6.65. The molecule has 0 unspecified atom stereocenters. The Kier molecular flexibility index (Phi) is 4.39. The van der Waals surface area contributed by atoms with Crippen LogP contribution < -0.4 is 5.32 Å². The minimum Gasteiger partial charge on any atom is -0.380 e. The molecule has 98 valence electrons. The normalized spacial score (nSPS) is 10.2. The predicted molar refractivity (Wildman–Crippen MR) is 79.6 cm³/mol. The van der Waals surface area contributed by atoms with Gasteiger partial charge in [-0.15, -0.1) is 0 Å². The Hall–Kier alpha value is -1.59. The fourth-order valence-electron chi connectivity index (χ4n) is 1.57. The van der Waals surface area contributed by atoms with Crippen LogP contribution in [0.15, 0.2) is 46.9 Å². The topological polar surface area (TPSA) is 55.2 Å². The van der Waals surface area contributed by atoms with E-state index >= 15 is 0 Å². The van der Waals surface area contributed by atoms with E-state index in [4.69, 9.17) is 11.6 Å². The summed E-state index contributed by atoms with van der Waals surface area (Å²) in [6.45, 7) is 0.582. The maximum atomic E-state index is 10.5. The largest absolute Gasteiger partial charge is 0.380 e. The lowest BCUT2D eigenvalue weighted by Gasteiger charge is -2.08. The number of nitrogens with one attached hydrogen (secondary N) is 1. The Bertz CT molecular complexity index is 602. The van der Waals surface area contributed by atoms with Gasteiger partial charge in [-0.3, -0.25) is 10.1 Å². The van der Waals surface area contributed by atoms with Gasteiger partial charge in [-0.25, -0.2) is 0 Å². The van der Waals surface area contributed by atoms with Gasteiger partial charge in [0.2, 0.25) is 0 Å². The van der Waals surface area contributed by atoms with Crippen molar-refractivity contribution in [2.24, 2.45) is 0 Å². The highest BCUT2D eigenvalue weighted by Crippen LogP contribution is 2.26. The average molecular weight is 342 g/mol. The first kappa shape index (κ1) is 13.8. The molecule has 0 saturated carbocycles. The molecule has 0 radical (unpaired) electrons. The van der Waals surface area contributed by atoms with Crippen LogP contribution in [-0.2, 0) is 6.54 Å². The molecule has 2 rings (SSSR count). The molecular formula is C13H10BrClN2O2. The number of anilines is 1. The van der Waals surface area contributed by atoms with Gasteiger partial charge in [-0.05, 0) is 39.7 Å². The molecule has 0 atom stereocenters. The number of rotatable bonds is 4. The van der Waals surface area contributed by atoms with Crippen LogP contribution in [0.25, 0.3) is 0 Å². The third-order valence-corrected chi connectivity index (χ3v) is 3.45. The van der Waals surface area contributed by atoms with Crippen LogP contribution in [-0.4, -0.2) is 4.92 Å². The lowest BCUT2D eigenvalue weighted by Crippen LogP contribution is -2.00. The minimum absolute atomic E-state index is 0.0939. The summed E-state index contributed by atoms with van der Waals surface area (Å²) in [5.41, 5.74) is 1.98. The standard InChI is InChI=1S/C13H10BrClN2O2/c14-12-7-10(15)3-6-13(12)16-8-9-1-4-11(5-2-9)17(18)19/h1-7,16H,8H2. The summed E-state index contributed by atoms with van der Waals surface area (Å²) < 4.78 is 0.877. The summed E-state index contributed by atoms with van der Waals surface area (Å²) in [5.74, 6) is 0. The molecule has 19 heavy (non-hydrogen) atoms. The van der Waals surface area contributed by atoms with E-state index in [-0.39, 0.29) is 5.69 Å². The van der Waals surface area contributed by atoms with E-state index in [1.54, 1.807) is 24.3 Å². The monoisotopic (exact) mass is 340 g/mol. The van der Waals surface area contributed by atoms with Gasteiger partial charge in [0.15, 0.2) is 0 Å². The molecule has 0 aromatic heterocycles. The van der Waals surface area contributed by atoms with Gasteiger partial charge in [0.25, 0.3) is 5.69 Å². The fraction of sp³-hybridized carbons (Fsp3) is 0.0769. The van der Waals surface area contributed by atoms with Gasteiger partial charge < -0.3 is 5.32 Å². The van der Waals surface area contributed by atoms with Crippen molar-refractivity contribution in [3.05, 3.63) is 67.6 Å². The van der Waals surface area contributed by atoms with Gasteiger partial charge >= 0.3 is 0 Å². The van der Waals surface area contributed by atoms with Crippen molar-refractivity contribution < 1.29 is 4.92 Å². The van der Waals surface area contributed by atoms with Crippen LogP contribution >= 0.6 is 27.5 Å². The molecule has 4 nitrogen and oxygen atoms in total. The van der Waals surface area contributed by atoms with Crippen molar-refractivity contribution in [1.29, 1.82) is 0 Å². The molecule has 0 aliphatic heterocycles. The Balaban J connectivity index is 2.04. The molecule has 2 aromatic rings. The molecule has 0 aliphatic carbocycles. The number of nitro groups is 1. The molecule has 0 amide bonds. The molecule has 0 fully saturated rings. The zero-order valence-electron chi connectivity index (χ0n) is 9.77. The van der Waals surface area contributed by atoms with E-state index in [2.05, 4.69) is 21.2 Å². The Morgan fingerprint density at radius 2 is 1.89 bits per heavy atom. The SMILES string of the molecule is O=[N+]([O-])c1ccc(CNc2ccc(Cl)cc2Br)cc1. The molecule has 0 spiro atoms. The van der Waals surface area contributed by atoms with Crippen LogP contribution in [0.4, 0.5) is 11.4 Å². The maximum Gasteiger partial charge on any atom is 0.269 e. The number of non-ortho nitro benzene ring substituents is 1. The second kappa shape index (κ2) is 6.04. The lowest BCUT2D eigenvalue weighted by atomic mass is 10.2. The van der Waals surface area contributed by atoms with Crippen LogP contribution in [0.2, 0.25) is 5.02 Å². The van der Waals surface area contributed by atoms with Gasteiger partial charge in [0.1, 0.15) is 0 Å². The highest BCUT2D eigenvalue weighted by atomic mass is 79.9. The van der Waals surface area contributed by atoms with Crippen molar-refractivity contribution in [2.45, 2.75) is 6.54 Å². The van der Waals surface area contributed by atoms with Gasteiger partial charge in [-0.1, -0.05) is 23.7 Å². The number of nitrogens with zero attached hydrogens (tertiary/aromatic N) is 1. The minimum atomic E-state index is -0.410. The molecule has 0 bridgehead atoms. The average Bonchev–Trinajstić information content (AvgIpc) is 2.38. The quantitative estimate of drug-likeness (QED) is 0.652. The smallest absolute Gasteiger partial charge is 0.269 e. The number of benzene rings is 2.